The maximum absolute atomic E-state index is 12.4. The van der Waals surface area contributed by atoms with E-state index < -0.39 is 26.5 Å². The van der Waals surface area contributed by atoms with Gasteiger partial charge in [0.25, 0.3) is 0 Å². The van der Waals surface area contributed by atoms with Crippen LogP contribution in [0.4, 0.5) is 0 Å². The zero-order valence-electron chi connectivity index (χ0n) is 17.8. The second kappa shape index (κ2) is 10.4. The number of ether oxygens (including phenoxy) is 2. The highest BCUT2D eigenvalue weighted by Gasteiger charge is 2.37. The Balaban J connectivity index is 2.48. The van der Waals surface area contributed by atoms with Gasteiger partial charge in [0.15, 0.2) is 14.4 Å². The Morgan fingerprint density at radius 1 is 1.11 bits per heavy atom. The maximum atomic E-state index is 12.4. The number of rotatable bonds is 10. The fraction of sp³-hybridized carbons (Fsp3) is 0.667. The van der Waals surface area contributed by atoms with Crippen LogP contribution in [0, 0.1) is 5.92 Å². The molecule has 0 aliphatic rings. The molecule has 154 valence electrons. The lowest BCUT2D eigenvalue weighted by Crippen LogP contribution is -2.43. The van der Waals surface area contributed by atoms with Gasteiger partial charge >= 0.3 is 5.97 Å². The molecule has 0 radical (unpaired) electrons. The molecule has 0 aliphatic carbocycles. The van der Waals surface area contributed by atoms with E-state index >= 15 is 0 Å². The highest BCUT2D eigenvalue weighted by Crippen LogP contribution is 2.36. The van der Waals surface area contributed by atoms with Gasteiger partial charge in [0, 0.05) is 0 Å². The number of hydrogen-bond acceptors (Lipinski definition) is 5. The molecule has 0 aromatic heterocycles. The zero-order chi connectivity index (χ0) is 20.7. The average Bonchev–Trinajstić information content (AvgIpc) is 2.58. The van der Waals surface area contributed by atoms with Gasteiger partial charge in [-0.3, -0.25) is 0 Å². The largest absolute Gasteiger partial charge is 0.459 e. The summed E-state index contributed by atoms with van der Waals surface area (Å²) in [5.74, 6) is -0.465. The summed E-state index contributed by atoms with van der Waals surface area (Å²) in [7, 11) is -1.92. The zero-order valence-corrected chi connectivity index (χ0v) is 18.8. The predicted octanol–water partition coefficient (Wildman–Crippen LogP) is 4.15. The van der Waals surface area contributed by atoms with Gasteiger partial charge in [0.2, 0.25) is 0 Å². The van der Waals surface area contributed by atoms with E-state index in [1.807, 2.05) is 44.2 Å². The van der Waals surface area contributed by atoms with Gasteiger partial charge in [-0.25, -0.2) is 4.79 Å². The predicted molar refractivity (Wildman–Crippen MR) is 110 cm³/mol. The van der Waals surface area contributed by atoms with E-state index in [1.165, 1.54) is 0 Å². The van der Waals surface area contributed by atoms with E-state index in [-0.39, 0.29) is 30.8 Å². The molecule has 0 aliphatic heterocycles. The average molecular weight is 397 g/mol. The van der Waals surface area contributed by atoms with Gasteiger partial charge in [0.1, 0.15) is 6.61 Å². The molecule has 0 saturated carbocycles. The minimum absolute atomic E-state index is 0.0396. The number of hydrogen-bond donors (Lipinski definition) is 1. The number of carbonyl (C=O) groups excluding carboxylic acids is 1. The first-order chi connectivity index (χ1) is 12.4. The Bertz CT molecular complexity index is 566. The quantitative estimate of drug-likeness (QED) is 0.475. The van der Waals surface area contributed by atoms with Crippen molar-refractivity contribution in [1.82, 2.24) is 0 Å². The monoisotopic (exact) mass is 396 g/mol. The Morgan fingerprint density at radius 2 is 1.70 bits per heavy atom. The van der Waals surface area contributed by atoms with Crippen LogP contribution in [0.2, 0.25) is 18.1 Å². The Morgan fingerprint density at radius 3 is 2.22 bits per heavy atom. The van der Waals surface area contributed by atoms with Crippen molar-refractivity contribution in [2.24, 2.45) is 5.92 Å². The van der Waals surface area contributed by atoms with Crippen LogP contribution in [-0.2, 0) is 25.3 Å². The standard InChI is InChI=1S/C21H36O5Si/c1-16(2)19(20(23)25-13-17-11-9-8-10-12-17)24-14-18(22)15-26-27(6,7)21(3,4)5/h8-12,16,18-19,22H,13-15H2,1-7H3/t18?,19-/m0/s1. The van der Waals surface area contributed by atoms with Crippen LogP contribution in [0.25, 0.3) is 0 Å². The van der Waals surface area contributed by atoms with Gasteiger partial charge in [-0.2, -0.15) is 0 Å². The SMILES string of the molecule is CC(C)[C@H](OCC(O)CO[Si](C)(C)C(C)(C)C)C(=O)OCc1ccccc1. The molecule has 0 fully saturated rings. The first-order valence-corrected chi connectivity index (χ1v) is 12.5. The lowest BCUT2D eigenvalue weighted by Gasteiger charge is -2.36. The van der Waals surface area contributed by atoms with Gasteiger partial charge in [-0.05, 0) is 29.6 Å². The van der Waals surface area contributed by atoms with E-state index in [9.17, 15) is 9.90 Å². The van der Waals surface area contributed by atoms with Gasteiger partial charge in [0.05, 0.1) is 19.3 Å². The molecule has 0 saturated heterocycles. The van der Waals surface area contributed by atoms with Crippen molar-refractivity contribution in [2.45, 2.75) is 71.6 Å². The minimum Gasteiger partial charge on any atom is -0.459 e. The van der Waals surface area contributed by atoms with Crippen molar-refractivity contribution in [3.8, 4) is 0 Å². The number of esters is 1. The molecule has 0 spiro atoms. The molecular formula is C21H36O5Si. The van der Waals surface area contributed by atoms with Crippen molar-refractivity contribution in [2.75, 3.05) is 13.2 Å². The highest BCUT2D eigenvalue weighted by molar-refractivity contribution is 6.74. The molecule has 1 aromatic carbocycles. The van der Waals surface area contributed by atoms with Crippen LogP contribution < -0.4 is 0 Å². The fourth-order valence-electron chi connectivity index (χ4n) is 2.13. The lowest BCUT2D eigenvalue weighted by molar-refractivity contribution is -0.164. The van der Waals surface area contributed by atoms with Crippen molar-refractivity contribution < 1.29 is 23.8 Å². The minimum atomic E-state index is -1.92. The van der Waals surface area contributed by atoms with E-state index in [0.717, 1.165) is 5.56 Å². The third-order valence-electron chi connectivity index (χ3n) is 4.97. The molecule has 0 bridgehead atoms. The summed E-state index contributed by atoms with van der Waals surface area (Å²) in [6.45, 7) is 15.0. The van der Waals surface area contributed by atoms with Crippen molar-refractivity contribution in [3.63, 3.8) is 0 Å². The molecule has 1 aromatic rings. The second-order valence-electron chi connectivity index (χ2n) is 8.82. The summed E-state index contributed by atoms with van der Waals surface area (Å²) >= 11 is 0. The maximum Gasteiger partial charge on any atom is 0.335 e. The summed E-state index contributed by atoms with van der Waals surface area (Å²) in [5, 5.41) is 10.3. The molecule has 27 heavy (non-hydrogen) atoms. The smallest absolute Gasteiger partial charge is 0.335 e. The van der Waals surface area contributed by atoms with Crippen LogP contribution in [0.5, 0.6) is 0 Å². The van der Waals surface area contributed by atoms with Crippen molar-refractivity contribution >= 4 is 14.3 Å². The van der Waals surface area contributed by atoms with Crippen LogP contribution in [0.15, 0.2) is 30.3 Å². The number of carbonyl (C=O) groups is 1. The van der Waals surface area contributed by atoms with Gasteiger partial charge < -0.3 is 19.0 Å². The van der Waals surface area contributed by atoms with E-state index in [0.29, 0.717) is 0 Å². The van der Waals surface area contributed by atoms with Crippen LogP contribution in [0.3, 0.4) is 0 Å². The van der Waals surface area contributed by atoms with Gasteiger partial charge in [-0.1, -0.05) is 65.0 Å². The van der Waals surface area contributed by atoms with Crippen LogP contribution >= 0.6 is 0 Å². The number of benzene rings is 1. The Labute approximate surface area is 165 Å². The van der Waals surface area contributed by atoms with E-state index in [1.54, 1.807) is 0 Å². The number of aliphatic hydroxyl groups is 1. The third-order valence-corrected chi connectivity index (χ3v) is 9.47. The summed E-state index contributed by atoms with van der Waals surface area (Å²) in [5.41, 5.74) is 0.927. The number of aliphatic hydroxyl groups excluding tert-OH is 1. The lowest BCUT2D eigenvalue weighted by atomic mass is 10.1. The van der Waals surface area contributed by atoms with Crippen LogP contribution in [-0.4, -0.2) is 44.8 Å². The molecular weight excluding hydrogens is 360 g/mol. The van der Waals surface area contributed by atoms with Crippen molar-refractivity contribution in [1.29, 1.82) is 0 Å². The molecule has 5 nitrogen and oxygen atoms in total. The van der Waals surface area contributed by atoms with Gasteiger partial charge in [-0.15, -0.1) is 0 Å². The first-order valence-electron chi connectivity index (χ1n) is 9.58. The molecule has 1 rings (SSSR count). The highest BCUT2D eigenvalue weighted by atomic mass is 28.4. The normalized spacial score (nSPS) is 14.9. The fourth-order valence-corrected chi connectivity index (χ4v) is 3.17. The Kier molecular flexibility index (Phi) is 9.15. The molecule has 1 N–H and O–H groups in total. The Hall–Kier alpha value is -1.21. The first kappa shape index (κ1) is 23.8. The summed E-state index contributed by atoms with van der Waals surface area (Å²) in [6.07, 6.45) is -1.49. The molecule has 0 heterocycles. The summed E-state index contributed by atoms with van der Waals surface area (Å²) < 4.78 is 17.1. The summed E-state index contributed by atoms with van der Waals surface area (Å²) in [6, 6.07) is 9.52. The molecule has 6 heteroatoms. The molecule has 0 amide bonds. The summed E-state index contributed by atoms with van der Waals surface area (Å²) in [4.78, 5) is 12.4. The van der Waals surface area contributed by atoms with E-state index in [4.69, 9.17) is 13.9 Å². The topological polar surface area (TPSA) is 65.0 Å². The second-order valence-corrected chi connectivity index (χ2v) is 13.6. The molecule has 1 unspecified atom stereocenters. The van der Waals surface area contributed by atoms with Crippen LogP contribution in [0.1, 0.15) is 40.2 Å². The molecule has 2 atom stereocenters. The van der Waals surface area contributed by atoms with Crippen molar-refractivity contribution in [3.05, 3.63) is 35.9 Å². The third kappa shape index (κ3) is 8.13. The van der Waals surface area contributed by atoms with E-state index in [2.05, 4.69) is 33.9 Å².